The van der Waals surface area contributed by atoms with Crippen LogP contribution < -0.4 is 0 Å². The van der Waals surface area contributed by atoms with Crippen LogP contribution in [0.3, 0.4) is 0 Å². The molecule has 1 heteroatoms. The molecule has 0 aliphatic heterocycles. The maximum Gasteiger partial charge on any atom is 0.0601 e. The van der Waals surface area contributed by atoms with E-state index in [0.29, 0.717) is 11.8 Å². The number of rotatable bonds is 2. The van der Waals surface area contributed by atoms with Crippen LogP contribution in [0, 0.1) is 35.5 Å². The van der Waals surface area contributed by atoms with E-state index in [1.54, 1.807) is 0 Å². The Morgan fingerprint density at radius 1 is 0.684 bits per heavy atom. The maximum atomic E-state index is 11.0. The molecule has 0 aromatic heterocycles. The monoisotopic (exact) mass is 262 g/mol. The summed E-state index contributed by atoms with van der Waals surface area (Å²) in [6.45, 7) is 0. The highest BCUT2D eigenvalue weighted by Crippen LogP contribution is 2.58. The van der Waals surface area contributed by atoms with Crippen molar-refractivity contribution in [1.29, 1.82) is 0 Å². The molecule has 1 unspecified atom stereocenters. The van der Waals surface area contributed by atoms with Crippen LogP contribution in [0.25, 0.3) is 0 Å². The van der Waals surface area contributed by atoms with E-state index in [1.165, 1.54) is 70.6 Å². The fraction of sp³-hybridized carbons (Fsp3) is 1.00. The van der Waals surface area contributed by atoms with E-state index in [0.717, 1.165) is 23.7 Å². The van der Waals surface area contributed by atoms with Gasteiger partial charge < -0.3 is 5.11 Å². The lowest BCUT2D eigenvalue weighted by molar-refractivity contribution is -0.107. The molecule has 1 N–H and O–H groups in total. The van der Waals surface area contributed by atoms with E-state index in [2.05, 4.69) is 0 Å². The van der Waals surface area contributed by atoms with Crippen LogP contribution in [0.5, 0.6) is 0 Å². The van der Waals surface area contributed by atoms with Crippen molar-refractivity contribution < 1.29 is 5.11 Å². The van der Waals surface area contributed by atoms with Crippen molar-refractivity contribution in [3.8, 4) is 0 Å². The van der Waals surface area contributed by atoms with E-state index in [1.807, 2.05) is 0 Å². The highest BCUT2D eigenvalue weighted by Gasteiger charge is 2.51. The molecule has 0 saturated heterocycles. The Balaban J connectivity index is 1.48. The molecule has 108 valence electrons. The standard InChI is InChI=1S/C18H30O/c19-18(14-5-3-1-2-4-6-14)17-15-8-12-7-13(10-15)11-16(17)9-12/h12-19H,1-11H2. The zero-order valence-corrected chi connectivity index (χ0v) is 12.3. The molecule has 4 bridgehead atoms. The van der Waals surface area contributed by atoms with Gasteiger partial charge in [0.05, 0.1) is 6.10 Å². The molecule has 1 atom stereocenters. The van der Waals surface area contributed by atoms with Crippen molar-refractivity contribution in [2.75, 3.05) is 0 Å². The van der Waals surface area contributed by atoms with Crippen LogP contribution in [-0.4, -0.2) is 11.2 Å². The van der Waals surface area contributed by atoms with Crippen molar-refractivity contribution in [3.63, 3.8) is 0 Å². The van der Waals surface area contributed by atoms with Gasteiger partial charge in [-0.3, -0.25) is 0 Å². The van der Waals surface area contributed by atoms with E-state index in [4.69, 9.17) is 0 Å². The molecule has 5 aliphatic rings. The van der Waals surface area contributed by atoms with Gasteiger partial charge >= 0.3 is 0 Å². The number of aliphatic hydroxyl groups excluding tert-OH is 1. The fourth-order valence-corrected chi connectivity index (χ4v) is 6.49. The SMILES string of the molecule is OC(C1CCCCCC1)C1C2CC3CC(C2)CC1C3. The van der Waals surface area contributed by atoms with E-state index in [9.17, 15) is 5.11 Å². The third-order valence-electron chi connectivity index (χ3n) is 7.08. The zero-order valence-electron chi connectivity index (χ0n) is 12.3. The summed E-state index contributed by atoms with van der Waals surface area (Å²) in [4.78, 5) is 0. The van der Waals surface area contributed by atoms with Crippen molar-refractivity contribution >= 4 is 0 Å². The van der Waals surface area contributed by atoms with Gasteiger partial charge in [0.15, 0.2) is 0 Å². The molecule has 19 heavy (non-hydrogen) atoms. The summed E-state index contributed by atoms with van der Waals surface area (Å²) in [5, 5.41) is 11.0. The quantitative estimate of drug-likeness (QED) is 0.732. The van der Waals surface area contributed by atoms with Gasteiger partial charge in [-0.25, -0.2) is 0 Å². The molecule has 5 aliphatic carbocycles. The maximum absolute atomic E-state index is 11.0. The first kappa shape index (κ1) is 12.7. The van der Waals surface area contributed by atoms with Crippen LogP contribution in [-0.2, 0) is 0 Å². The van der Waals surface area contributed by atoms with Gasteiger partial charge in [-0.1, -0.05) is 25.7 Å². The zero-order chi connectivity index (χ0) is 12.8. The Morgan fingerprint density at radius 2 is 1.21 bits per heavy atom. The molecule has 1 nitrogen and oxygen atoms in total. The lowest BCUT2D eigenvalue weighted by Gasteiger charge is -2.56. The average molecular weight is 262 g/mol. The van der Waals surface area contributed by atoms with Gasteiger partial charge in [-0.2, -0.15) is 0 Å². The summed E-state index contributed by atoms with van der Waals surface area (Å²) in [5.41, 5.74) is 0. The third kappa shape index (κ3) is 2.26. The van der Waals surface area contributed by atoms with Crippen LogP contribution in [0.2, 0.25) is 0 Å². The summed E-state index contributed by atoms with van der Waals surface area (Å²) >= 11 is 0. The van der Waals surface area contributed by atoms with Gasteiger partial charge in [-0.15, -0.1) is 0 Å². The minimum Gasteiger partial charge on any atom is -0.393 e. The number of hydrogen-bond donors (Lipinski definition) is 1. The Kier molecular flexibility index (Phi) is 3.38. The lowest BCUT2D eigenvalue weighted by Crippen LogP contribution is -2.51. The predicted octanol–water partition coefficient (Wildman–Crippen LogP) is 4.39. The molecule has 0 aromatic rings. The third-order valence-corrected chi connectivity index (χ3v) is 7.08. The molecule has 0 amide bonds. The van der Waals surface area contributed by atoms with Gasteiger partial charge in [-0.05, 0) is 80.5 Å². The van der Waals surface area contributed by atoms with Gasteiger partial charge in [0.2, 0.25) is 0 Å². The van der Waals surface area contributed by atoms with Gasteiger partial charge in [0.1, 0.15) is 0 Å². The molecule has 5 rings (SSSR count). The highest BCUT2D eigenvalue weighted by molar-refractivity contribution is 5.01. The summed E-state index contributed by atoms with van der Waals surface area (Å²) < 4.78 is 0. The highest BCUT2D eigenvalue weighted by atomic mass is 16.3. The fourth-order valence-electron chi connectivity index (χ4n) is 6.49. The number of aliphatic hydroxyl groups is 1. The Labute approximate surface area is 118 Å². The molecular weight excluding hydrogens is 232 g/mol. The van der Waals surface area contributed by atoms with Crippen LogP contribution in [0.1, 0.15) is 70.6 Å². The first-order valence-electron chi connectivity index (χ1n) is 8.99. The van der Waals surface area contributed by atoms with E-state index in [-0.39, 0.29) is 6.10 Å². The van der Waals surface area contributed by atoms with Crippen LogP contribution in [0.15, 0.2) is 0 Å². The molecule has 5 saturated carbocycles. The van der Waals surface area contributed by atoms with E-state index >= 15 is 0 Å². The largest absolute Gasteiger partial charge is 0.393 e. The Hall–Kier alpha value is -0.0400. The van der Waals surface area contributed by atoms with Crippen molar-refractivity contribution in [2.45, 2.75) is 76.7 Å². The van der Waals surface area contributed by atoms with Crippen molar-refractivity contribution in [2.24, 2.45) is 35.5 Å². The van der Waals surface area contributed by atoms with E-state index < -0.39 is 0 Å². The van der Waals surface area contributed by atoms with Gasteiger partial charge in [0.25, 0.3) is 0 Å². The van der Waals surface area contributed by atoms with Gasteiger partial charge in [0, 0.05) is 0 Å². The molecule has 0 spiro atoms. The first-order chi connectivity index (χ1) is 9.31. The molecule has 5 fully saturated rings. The second-order valence-electron chi connectivity index (χ2n) is 8.25. The second-order valence-corrected chi connectivity index (χ2v) is 8.25. The molecule has 0 aromatic carbocycles. The molecule has 0 heterocycles. The Bertz CT molecular complexity index is 288. The summed E-state index contributed by atoms with van der Waals surface area (Å²) in [5.74, 6) is 5.21. The second kappa shape index (κ2) is 5.06. The Morgan fingerprint density at radius 3 is 1.74 bits per heavy atom. The summed E-state index contributed by atoms with van der Waals surface area (Å²) in [6, 6.07) is 0. The summed E-state index contributed by atoms with van der Waals surface area (Å²) in [7, 11) is 0. The molecular formula is C18H30O. The van der Waals surface area contributed by atoms with Crippen LogP contribution >= 0.6 is 0 Å². The minimum atomic E-state index is 0.0492. The first-order valence-corrected chi connectivity index (χ1v) is 8.99. The van der Waals surface area contributed by atoms with Crippen molar-refractivity contribution in [1.82, 2.24) is 0 Å². The molecule has 0 radical (unpaired) electrons. The topological polar surface area (TPSA) is 20.2 Å². The van der Waals surface area contributed by atoms with Crippen molar-refractivity contribution in [3.05, 3.63) is 0 Å². The average Bonchev–Trinajstić information content (AvgIpc) is 2.66. The lowest BCUT2D eigenvalue weighted by atomic mass is 9.50. The minimum absolute atomic E-state index is 0.0492. The number of hydrogen-bond acceptors (Lipinski definition) is 1. The predicted molar refractivity (Wildman–Crippen MR) is 77.7 cm³/mol. The van der Waals surface area contributed by atoms with Crippen LogP contribution in [0.4, 0.5) is 0 Å². The smallest absolute Gasteiger partial charge is 0.0601 e. The normalized spacial score (nSPS) is 48.2. The summed E-state index contributed by atoms with van der Waals surface area (Å²) in [6.07, 6.45) is 15.6.